The Hall–Kier alpha value is -0.530. The monoisotopic (exact) mass is 181 g/mol. The first-order valence-corrected chi connectivity index (χ1v) is 5.37. The molecule has 2 fully saturated rings. The molecular weight excluding hydrogens is 162 g/mol. The molecule has 0 aromatic carbocycles. The van der Waals surface area contributed by atoms with Gasteiger partial charge in [-0.25, -0.2) is 0 Å². The molecule has 0 aliphatic carbocycles. The topological polar surface area (TPSA) is 20.3 Å². The molecule has 2 heterocycles. The summed E-state index contributed by atoms with van der Waals surface area (Å²) in [4.78, 5) is 13.6. The Labute approximate surface area is 80.3 Å². The van der Waals surface area contributed by atoms with Crippen molar-refractivity contribution >= 4 is 5.91 Å². The first kappa shape index (κ1) is 9.04. The maximum absolute atomic E-state index is 11.4. The van der Waals surface area contributed by atoms with Crippen molar-refractivity contribution in [2.24, 2.45) is 5.41 Å². The molecule has 0 radical (unpaired) electrons. The standard InChI is InChI=1S/C11H19NO/c1-4-8-5-6-11(2,3)9-7-10(13)12(8)9/h8-9H,4-7H2,1-3H3/t8-,9+/m1/s1. The molecule has 2 atom stereocenters. The first-order chi connectivity index (χ1) is 6.06. The Kier molecular flexibility index (Phi) is 1.90. The second-order valence-corrected chi connectivity index (χ2v) is 5.11. The summed E-state index contributed by atoms with van der Waals surface area (Å²) in [5.74, 6) is 0.379. The van der Waals surface area contributed by atoms with E-state index in [1.807, 2.05) is 0 Å². The third-order valence-electron chi connectivity index (χ3n) is 3.88. The number of piperidine rings is 1. The quantitative estimate of drug-likeness (QED) is 0.568. The molecule has 0 saturated carbocycles. The summed E-state index contributed by atoms with van der Waals surface area (Å²) in [5, 5.41) is 0. The summed E-state index contributed by atoms with van der Waals surface area (Å²) in [7, 11) is 0. The van der Waals surface area contributed by atoms with E-state index in [0.29, 0.717) is 23.4 Å². The van der Waals surface area contributed by atoms with Gasteiger partial charge in [-0.05, 0) is 24.7 Å². The maximum Gasteiger partial charge on any atom is 0.225 e. The molecule has 0 spiro atoms. The van der Waals surface area contributed by atoms with Crippen LogP contribution in [0.3, 0.4) is 0 Å². The minimum atomic E-state index is 0.361. The molecule has 0 unspecified atom stereocenters. The van der Waals surface area contributed by atoms with E-state index in [9.17, 15) is 4.79 Å². The van der Waals surface area contributed by atoms with E-state index in [1.54, 1.807) is 0 Å². The lowest BCUT2D eigenvalue weighted by Gasteiger charge is -2.56. The van der Waals surface area contributed by atoms with Crippen LogP contribution in [0.1, 0.15) is 46.5 Å². The number of carbonyl (C=O) groups excluding carboxylic acids is 1. The molecule has 2 nitrogen and oxygen atoms in total. The number of amides is 1. The third-order valence-corrected chi connectivity index (χ3v) is 3.88. The minimum absolute atomic E-state index is 0.361. The van der Waals surface area contributed by atoms with Gasteiger partial charge in [0.15, 0.2) is 0 Å². The highest BCUT2D eigenvalue weighted by Gasteiger charge is 2.50. The van der Waals surface area contributed by atoms with Gasteiger partial charge in [-0.1, -0.05) is 20.8 Å². The van der Waals surface area contributed by atoms with Crippen molar-refractivity contribution in [3.63, 3.8) is 0 Å². The molecule has 13 heavy (non-hydrogen) atoms. The van der Waals surface area contributed by atoms with Crippen LogP contribution in [0.5, 0.6) is 0 Å². The molecule has 0 N–H and O–H groups in total. The molecule has 2 rings (SSSR count). The lowest BCUT2D eigenvalue weighted by atomic mass is 9.68. The van der Waals surface area contributed by atoms with Gasteiger partial charge in [0.1, 0.15) is 0 Å². The van der Waals surface area contributed by atoms with Crippen LogP contribution in [0.15, 0.2) is 0 Å². The summed E-state index contributed by atoms with van der Waals surface area (Å²) < 4.78 is 0. The Bertz CT molecular complexity index is 234. The highest BCUT2D eigenvalue weighted by Crippen LogP contribution is 2.45. The second kappa shape index (κ2) is 2.73. The van der Waals surface area contributed by atoms with E-state index >= 15 is 0 Å². The third kappa shape index (κ3) is 1.18. The van der Waals surface area contributed by atoms with Crippen LogP contribution in [0.25, 0.3) is 0 Å². The van der Waals surface area contributed by atoms with Crippen molar-refractivity contribution in [3.8, 4) is 0 Å². The van der Waals surface area contributed by atoms with Gasteiger partial charge in [-0.15, -0.1) is 0 Å². The fraction of sp³-hybridized carbons (Fsp3) is 0.909. The molecule has 74 valence electrons. The van der Waals surface area contributed by atoms with Gasteiger partial charge in [0.05, 0.1) is 0 Å². The largest absolute Gasteiger partial charge is 0.336 e. The summed E-state index contributed by atoms with van der Waals surface area (Å²) >= 11 is 0. The van der Waals surface area contributed by atoms with Gasteiger partial charge in [0.25, 0.3) is 0 Å². The lowest BCUT2D eigenvalue weighted by molar-refractivity contribution is -0.164. The number of hydrogen-bond donors (Lipinski definition) is 0. The van der Waals surface area contributed by atoms with Crippen LogP contribution in [-0.2, 0) is 4.79 Å². The van der Waals surface area contributed by atoms with Crippen molar-refractivity contribution in [3.05, 3.63) is 0 Å². The number of nitrogens with zero attached hydrogens (tertiary/aromatic N) is 1. The summed E-state index contributed by atoms with van der Waals surface area (Å²) in [6.07, 6.45) is 4.40. The van der Waals surface area contributed by atoms with Crippen LogP contribution >= 0.6 is 0 Å². The van der Waals surface area contributed by atoms with Gasteiger partial charge in [0, 0.05) is 18.5 Å². The maximum atomic E-state index is 11.4. The van der Waals surface area contributed by atoms with Crippen molar-refractivity contribution in [1.82, 2.24) is 4.90 Å². The van der Waals surface area contributed by atoms with Crippen molar-refractivity contribution in [2.45, 2.75) is 58.5 Å². The smallest absolute Gasteiger partial charge is 0.225 e. The zero-order valence-electron chi connectivity index (χ0n) is 8.84. The molecule has 0 aromatic rings. The van der Waals surface area contributed by atoms with E-state index in [0.717, 1.165) is 12.8 Å². The van der Waals surface area contributed by atoms with Crippen LogP contribution in [0.4, 0.5) is 0 Å². The van der Waals surface area contributed by atoms with Gasteiger partial charge in [-0.3, -0.25) is 4.79 Å². The van der Waals surface area contributed by atoms with Crippen molar-refractivity contribution in [1.29, 1.82) is 0 Å². The highest BCUT2D eigenvalue weighted by molar-refractivity contribution is 5.84. The van der Waals surface area contributed by atoms with E-state index < -0.39 is 0 Å². The number of rotatable bonds is 1. The normalized spacial score (nSPS) is 36.8. The zero-order chi connectivity index (χ0) is 9.64. The fourth-order valence-corrected chi connectivity index (χ4v) is 2.79. The molecule has 2 heteroatoms. The summed E-state index contributed by atoms with van der Waals surface area (Å²) in [5.41, 5.74) is 0.361. The second-order valence-electron chi connectivity index (χ2n) is 5.11. The molecule has 2 aliphatic rings. The Balaban J connectivity index is 2.16. The summed E-state index contributed by atoms with van der Waals surface area (Å²) in [6.45, 7) is 6.78. The average Bonchev–Trinajstić information content (AvgIpc) is 2.06. The number of fused-ring (bicyclic) bond motifs is 1. The first-order valence-electron chi connectivity index (χ1n) is 5.37. The Morgan fingerprint density at radius 1 is 1.54 bits per heavy atom. The molecule has 0 bridgehead atoms. The SMILES string of the molecule is CC[C@@H]1CCC(C)(C)[C@@H]2CC(=O)N12. The molecule has 2 saturated heterocycles. The highest BCUT2D eigenvalue weighted by atomic mass is 16.2. The number of β-lactam (4-membered cyclic amide) rings is 1. The Morgan fingerprint density at radius 3 is 2.77 bits per heavy atom. The number of carbonyl (C=O) groups is 1. The van der Waals surface area contributed by atoms with Gasteiger partial charge in [0.2, 0.25) is 5.91 Å². The predicted molar refractivity (Wildman–Crippen MR) is 52.3 cm³/mol. The van der Waals surface area contributed by atoms with Crippen molar-refractivity contribution < 1.29 is 4.79 Å². The predicted octanol–water partition coefficient (Wildman–Crippen LogP) is 2.19. The lowest BCUT2D eigenvalue weighted by Crippen LogP contribution is -2.65. The van der Waals surface area contributed by atoms with Crippen LogP contribution < -0.4 is 0 Å². The van der Waals surface area contributed by atoms with Gasteiger partial charge < -0.3 is 4.90 Å². The van der Waals surface area contributed by atoms with Crippen LogP contribution in [-0.4, -0.2) is 22.9 Å². The molecule has 1 amide bonds. The van der Waals surface area contributed by atoms with E-state index in [1.165, 1.54) is 12.8 Å². The Morgan fingerprint density at radius 2 is 2.23 bits per heavy atom. The van der Waals surface area contributed by atoms with E-state index in [2.05, 4.69) is 25.7 Å². The zero-order valence-corrected chi connectivity index (χ0v) is 8.84. The van der Waals surface area contributed by atoms with Crippen LogP contribution in [0.2, 0.25) is 0 Å². The fourth-order valence-electron chi connectivity index (χ4n) is 2.79. The van der Waals surface area contributed by atoms with Crippen molar-refractivity contribution in [2.75, 3.05) is 0 Å². The average molecular weight is 181 g/mol. The number of hydrogen-bond acceptors (Lipinski definition) is 1. The molecular formula is C11H19NO. The summed E-state index contributed by atoms with van der Waals surface area (Å²) in [6, 6.07) is 1.08. The van der Waals surface area contributed by atoms with Gasteiger partial charge in [-0.2, -0.15) is 0 Å². The molecule has 0 aromatic heterocycles. The van der Waals surface area contributed by atoms with Crippen LogP contribution in [0, 0.1) is 5.41 Å². The van der Waals surface area contributed by atoms with E-state index in [4.69, 9.17) is 0 Å². The van der Waals surface area contributed by atoms with Gasteiger partial charge >= 0.3 is 0 Å². The minimum Gasteiger partial charge on any atom is -0.336 e. The van der Waals surface area contributed by atoms with E-state index in [-0.39, 0.29) is 0 Å². The molecule has 2 aliphatic heterocycles.